The maximum absolute atomic E-state index is 5.37. The van der Waals surface area contributed by atoms with Gasteiger partial charge in [0.2, 0.25) is 5.88 Å². The third kappa shape index (κ3) is 3.35. The smallest absolute Gasteiger partial charge is 0.218 e. The standard InChI is InChI=1S/C14H21IN2O/c1-14(2)5-8-17(9-6-14)10-11-12(15)4-7-16-13(11)18-3/h4,7H,5-6,8-10H2,1-3H3. The van der Waals surface area contributed by atoms with Crippen LogP contribution in [0, 0.1) is 8.99 Å². The molecule has 0 saturated carbocycles. The molecule has 1 aromatic rings. The minimum Gasteiger partial charge on any atom is -0.481 e. The highest BCUT2D eigenvalue weighted by molar-refractivity contribution is 14.1. The van der Waals surface area contributed by atoms with E-state index in [0.29, 0.717) is 5.41 Å². The third-order valence-electron chi connectivity index (χ3n) is 3.74. The first-order valence-electron chi connectivity index (χ1n) is 6.41. The van der Waals surface area contributed by atoms with Gasteiger partial charge in [-0.2, -0.15) is 0 Å². The topological polar surface area (TPSA) is 25.4 Å². The molecule has 0 spiro atoms. The number of likely N-dealkylation sites (tertiary alicyclic amines) is 1. The largest absolute Gasteiger partial charge is 0.481 e. The van der Waals surface area contributed by atoms with Gasteiger partial charge in [0.25, 0.3) is 0 Å². The minimum atomic E-state index is 0.503. The van der Waals surface area contributed by atoms with Gasteiger partial charge in [-0.3, -0.25) is 4.90 Å². The van der Waals surface area contributed by atoms with Gasteiger partial charge in [-0.1, -0.05) is 13.8 Å². The number of halogens is 1. The zero-order valence-corrected chi connectivity index (χ0v) is 13.5. The summed E-state index contributed by atoms with van der Waals surface area (Å²) in [7, 11) is 1.70. The first-order chi connectivity index (χ1) is 8.52. The van der Waals surface area contributed by atoms with Gasteiger partial charge in [-0.25, -0.2) is 4.98 Å². The molecule has 0 radical (unpaired) electrons. The van der Waals surface area contributed by atoms with Crippen molar-refractivity contribution in [2.24, 2.45) is 5.41 Å². The quantitative estimate of drug-likeness (QED) is 0.774. The lowest BCUT2D eigenvalue weighted by molar-refractivity contribution is 0.125. The molecule has 1 fully saturated rings. The van der Waals surface area contributed by atoms with Gasteiger partial charge in [-0.15, -0.1) is 0 Å². The molecule has 1 aliphatic rings. The van der Waals surface area contributed by atoms with Gasteiger partial charge in [0.05, 0.1) is 7.11 Å². The average molecular weight is 360 g/mol. The Morgan fingerprint density at radius 3 is 2.67 bits per heavy atom. The van der Waals surface area contributed by atoms with E-state index < -0.39 is 0 Å². The van der Waals surface area contributed by atoms with Crippen LogP contribution in [0.15, 0.2) is 12.3 Å². The molecule has 0 aromatic carbocycles. The Kier molecular flexibility index (Phi) is 4.48. The second kappa shape index (κ2) is 5.74. The second-order valence-corrected chi connectivity index (χ2v) is 6.88. The molecule has 4 heteroatoms. The second-order valence-electron chi connectivity index (χ2n) is 5.72. The maximum atomic E-state index is 5.37. The molecule has 0 unspecified atom stereocenters. The lowest BCUT2D eigenvalue weighted by Gasteiger charge is -2.37. The summed E-state index contributed by atoms with van der Waals surface area (Å²) in [5.74, 6) is 0.770. The normalized spacial score (nSPS) is 19.8. The van der Waals surface area contributed by atoms with Crippen LogP contribution in [-0.2, 0) is 6.54 Å². The summed E-state index contributed by atoms with van der Waals surface area (Å²) in [5.41, 5.74) is 1.73. The number of rotatable bonds is 3. The van der Waals surface area contributed by atoms with Crippen LogP contribution in [0.3, 0.4) is 0 Å². The van der Waals surface area contributed by atoms with Crippen LogP contribution >= 0.6 is 22.6 Å². The Morgan fingerprint density at radius 1 is 1.39 bits per heavy atom. The lowest BCUT2D eigenvalue weighted by atomic mass is 9.82. The van der Waals surface area contributed by atoms with Crippen LogP contribution in [0.5, 0.6) is 5.88 Å². The summed E-state index contributed by atoms with van der Waals surface area (Å²) in [5, 5.41) is 0. The summed E-state index contributed by atoms with van der Waals surface area (Å²) < 4.78 is 6.61. The van der Waals surface area contributed by atoms with Gasteiger partial charge in [0, 0.05) is 21.9 Å². The molecule has 1 saturated heterocycles. The molecular weight excluding hydrogens is 339 g/mol. The molecule has 0 bridgehead atoms. The zero-order valence-electron chi connectivity index (χ0n) is 11.4. The fourth-order valence-electron chi connectivity index (χ4n) is 2.31. The first kappa shape index (κ1) is 14.1. The number of nitrogens with zero attached hydrogens (tertiary/aromatic N) is 2. The number of hydrogen-bond acceptors (Lipinski definition) is 3. The summed E-state index contributed by atoms with van der Waals surface area (Å²) in [6, 6.07) is 2.05. The van der Waals surface area contributed by atoms with E-state index in [1.165, 1.54) is 35.1 Å². The molecule has 1 aliphatic heterocycles. The van der Waals surface area contributed by atoms with E-state index in [9.17, 15) is 0 Å². The molecule has 100 valence electrons. The average Bonchev–Trinajstić information content (AvgIpc) is 2.34. The van der Waals surface area contributed by atoms with E-state index in [1.807, 2.05) is 12.3 Å². The van der Waals surface area contributed by atoms with Crippen LogP contribution in [0.4, 0.5) is 0 Å². The highest BCUT2D eigenvalue weighted by Crippen LogP contribution is 2.31. The predicted molar refractivity (Wildman–Crippen MR) is 81.8 cm³/mol. The van der Waals surface area contributed by atoms with Crippen LogP contribution in [0.1, 0.15) is 32.3 Å². The SMILES string of the molecule is COc1nccc(I)c1CN1CCC(C)(C)CC1. The van der Waals surface area contributed by atoms with Crippen molar-refractivity contribution in [1.82, 2.24) is 9.88 Å². The van der Waals surface area contributed by atoms with E-state index in [2.05, 4.69) is 46.3 Å². The van der Waals surface area contributed by atoms with Gasteiger partial charge >= 0.3 is 0 Å². The van der Waals surface area contributed by atoms with Crippen LogP contribution < -0.4 is 4.74 Å². The number of piperidine rings is 1. The van der Waals surface area contributed by atoms with Gasteiger partial charge < -0.3 is 4.74 Å². The van der Waals surface area contributed by atoms with E-state index in [0.717, 1.165) is 12.4 Å². The van der Waals surface area contributed by atoms with Gasteiger partial charge in [0.15, 0.2) is 0 Å². The number of ether oxygens (including phenoxy) is 1. The van der Waals surface area contributed by atoms with Crippen molar-refractivity contribution in [3.63, 3.8) is 0 Å². The Morgan fingerprint density at radius 2 is 2.06 bits per heavy atom. The van der Waals surface area contributed by atoms with Crippen molar-refractivity contribution in [3.8, 4) is 5.88 Å². The molecule has 2 heterocycles. The van der Waals surface area contributed by atoms with E-state index in [1.54, 1.807) is 7.11 Å². The molecule has 0 aliphatic carbocycles. The molecular formula is C14H21IN2O. The molecule has 18 heavy (non-hydrogen) atoms. The summed E-state index contributed by atoms with van der Waals surface area (Å²) >= 11 is 2.37. The zero-order chi connectivity index (χ0) is 13.2. The van der Waals surface area contributed by atoms with Crippen molar-refractivity contribution >= 4 is 22.6 Å². The summed E-state index contributed by atoms with van der Waals surface area (Å²) in [6.45, 7) is 8.01. The Bertz CT molecular complexity index is 410. The maximum Gasteiger partial charge on any atom is 0.218 e. The number of aromatic nitrogens is 1. The molecule has 0 N–H and O–H groups in total. The van der Waals surface area contributed by atoms with E-state index >= 15 is 0 Å². The van der Waals surface area contributed by atoms with Crippen LogP contribution in [0.25, 0.3) is 0 Å². The number of hydrogen-bond donors (Lipinski definition) is 0. The van der Waals surface area contributed by atoms with Crippen LogP contribution in [0.2, 0.25) is 0 Å². The van der Waals surface area contributed by atoms with Crippen molar-refractivity contribution in [3.05, 3.63) is 21.4 Å². The monoisotopic (exact) mass is 360 g/mol. The predicted octanol–water partition coefficient (Wildman–Crippen LogP) is 3.32. The Labute approximate surface area is 123 Å². The van der Waals surface area contributed by atoms with Crippen LogP contribution in [-0.4, -0.2) is 30.1 Å². The highest BCUT2D eigenvalue weighted by Gasteiger charge is 2.26. The van der Waals surface area contributed by atoms with Crippen molar-refractivity contribution in [2.45, 2.75) is 33.2 Å². The van der Waals surface area contributed by atoms with Crippen molar-refractivity contribution < 1.29 is 4.74 Å². The van der Waals surface area contributed by atoms with Gasteiger partial charge in [0.1, 0.15) is 0 Å². The molecule has 0 atom stereocenters. The van der Waals surface area contributed by atoms with Gasteiger partial charge in [-0.05, 0) is 60.0 Å². The third-order valence-corrected chi connectivity index (χ3v) is 4.75. The summed E-state index contributed by atoms with van der Waals surface area (Å²) in [4.78, 5) is 6.81. The molecule has 3 nitrogen and oxygen atoms in total. The van der Waals surface area contributed by atoms with E-state index in [-0.39, 0.29) is 0 Å². The Hall–Kier alpha value is -0.360. The number of methoxy groups -OCH3 is 1. The fraction of sp³-hybridized carbons (Fsp3) is 0.643. The van der Waals surface area contributed by atoms with Crippen molar-refractivity contribution in [1.29, 1.82) is 0 Å². The number of pyridine rings is 1. The van der Waals surface area contributed by atoms with Crippen molar-refractivity contribution in [2.75, 3.05) is 20.2 Å². The lowest BCUT2D eigenvalue weighted by Crippen LogP contribution is -2.37. The molecule has 1 aromatic heterocycles. The first-order valence-corrected chi connectivity index (χ1v) is 7.49. The Balaban J connectivity index is 2.06. The van der Waals surface area contributed by atoms with E-state index in [4.69, 9.17) is 4.74 Å². The molecule has 2 rings (SSSR count). The highest BCUT2D eigenvalue weighted by atomic mass is 127. The molecule has 0 amide bonds. The summed E-state index contributed by atoms with van der Waals surface area (Å²) in [6.07, 6.45) is 4.35. The minimum absolute atomic E-state index is 0.503. The fourth-order valence-corrected chi connectivity index (χ4v) is 2.87.